The van der Waals surface area contributed by atoms with Crippen LogP contribution in [0.25, 0.3) is 11.0 Å². The van der Waals surface area contributed by atoms with E-state index in [-0.39, 0.29) is 18.7 Å². The van der Waals surface area contributed by atoms with E-state index in [4.69, 9.17) is 9.15 Å². The Morgan fingerprint density at radius 1 is 1.11 bits per heavy atom. The number of rotatable bonds is 5. The minimum absolute atomic E-state index is 0.129. The summed E-state index contributed by atoms with van der Waals surface area (Å²) in [4.78, 5) is 35.7. The van der Waals surface area contributed by atoms with Crippen molar-refractivity contribution in [1.82, 2.24) is 5.32 Å². The molecule has 28 heavy (non-hydrogen) atoms. The highest BCUT2D eigenvalue weighted by Gasteiger charge is 2.13. The standard InChI is InChI=1S/C21H18FNO5/c1-12-3-8-17-15(9-18(24)28-20(17)13(12)2)11-27-19(25)10-23-21(26)14-4-6-16(22)7-5-14/h3-9H,10-11H2,1-2H3,(H,23,26). The number of esters is 1. The Kier molecular flexibility index (Phi) is 5.54. The van der Waals surface area contributed by atoms with E-state index in [9.17, 15) is 18.8 Å². The quantitative estimate of drug-likeness (QED) is 0.541. The maximum atomic E-state index is 12.9. The highest BCUT2D eigenvalue weighted by Crippen LogP contribution is 2.23. The molecular formula is C21H18FNO5. The van der Waals surface area contributed by atoms with E-state index in [0.717, 1.165) is 23.3 Å². The largest absolute Gasteiger partial charge is 0.459 e. The molecule has 0 spiro atoms. The van der Waals surface area contributed by atoms with Crippen molar-refractivity contribution in [2.45, 2.75) is 20.5 Å². The summed E-state index contributed by atoms with van der Waals surface area (Å²) in [5.41, 5.74) is 2.50. The zero-order valence-corrected chi connectivity index (χ0v) is 15.4. The summed E-state index contributed by atoms with van der Waals surface area (Å²) in [6.45, 7) is 3.27. The first-order valence-corrected chi connectivity index (χ1v) is 8.57. The fourth-order valence-corrected chi connectivity index (χ4v) is 2.71. The smallest absolute Gasteiger partial charge is 0.336 e. The lowest BCUT2D eigenvalue weighted by Crippen LogP contribution is -2.30. The first kappa shape index (κ1) is 19.3. The number of benzene rings is 2. The lowest BCUT2D eigenvalue weighted by atomic mass is 10.0. The Morgan fingerprint density at radius 3 is 2.54 bits per heavy atom. The molecule has 0 radical (unpaired) electrons. The van der Waals surface area contributed by atoms with Crippen LogP contribution in [0.15, 0.2) is 51.7 Å². The van der Waals surface area contributed by atoms with Crippen LogP contribution in [0.3, 0.4) is 0 Å². The molecule has 0 bridgehead atoms. The Labute approximate surface area is 159 Å². The molecule has 0 atom stereocenters. The van der Waals surface area contributed by atoms with Gasteiger partial charge in [0, 0.05) is 22.6 Å². The SMILES string of the molecule is Cc1ccc2c(COC(=O)CNC(=O)c3ccc(F)cc3)cc(=O)oc2c1C. The van der Waals surface area contributed by atoms with Crippen molar-refractivity contribution in [2.24, 2.45) is 0 Å². The highest BCUT2D eigenvalue weighted by molar-refractivity contribution is 5.95. The highest BCUT2D eigenvalue weighted by atomic mass is 19.1. The van der Waals surface area contributed by atoms with E-state index in [1.807, 2.05) is 19.9 Å². The fraction of sp³-hybridized carbons (Fsp3) is 0.190. The van der Waals surface area contributed by atoms with E-state index in [1.165, 1.54) is 18.2 Å². The monoisotopic (exact) mass is 383 g/mol. The number of amides is 1. The second-order valence-electron chi connectivity index (χ2n) is 6.33. The number of carbonyl (C=O) groups excluding carboxylic acids is 2. The number of carbonyl (C=O) groups is 2. The number of halogens is 1. The zero-order chi connectivity index (χ0) is 20.3. The maximum Gasteiger partial charge on any atom is 0.336 e. The van der Waals surface area contributed by atoms with Gasteiger partial charge in [0.05, 0.1) is 0 Å². The maximum absolute atomic E-state index is 12.9. The molecule has 3 rings (SSSR count). The van der Waals surface area contributed by atoms with Gasteiger partial charge in [-0.05, 0) is 49.2 Å². The lowest BCUT2D eigenvalue weighted by Gasteiger charge is -2.10. The number of nitrogens with one attached hydrogen (secondary N) is 1. The van der Waals surface area contributed by atoms with Crippen LogP contribution in [0.5, 0.6) is 0 Å². The summed E-state index contributed by atoms with van der Waals surface area (Å²) in [5, 5.41) is 3.09. The summed E-state index contributed by atoms with van der Waals surface area (Å²) < 4.78 is 23.3. The molecule has 0 aliphatic rings. The van der Waals surface area contributed by atoms with Crippen molar-refractivity contribution in [1.29, 1.82) is 0 Å². The van der Waals surface area contributed by atoms with Gasteiger partial charge in [0.1, 0.15) is 24.6 Å². The van der Waals surface area contributed by atoms with E-state index in [2.05, 4.69) is 5.32 Å². The van der Waals surface area contributed by atoms with Crippen molar-refractivity contribution in [3.05, 3.63) is 81.0 Å². The summed E-state index contributed by atoms with van der Waals surface area (Å²) in [7, 11) is 0. The number of aryl methyl sites for hydroxylation is 2. The van der Waals surface area contributed by atoms with Crippen LogP contribution in [-0.2, 0) is 16.1 Å². The molecule has 7 heteroatoms. The van der Waals surface area contributed by atoms with Gasteiger partial charge in [-0.15, -0.1) is 0 Å². The molecule has 3 aromatic rings. The van der Waals surface area contributed by atoms with Gasteiger partial charge in [0.2, 0.25) is 0 Å². The molecule has 1 heterocycles. The first-order chi connectivity index (χ1) is 13.3. The van der Waals surface area contributed by atoms with Crippen LogP contribution in [0.2, 0.25) is 0 Å². The average molecular weight is 383 g/mol. The normalized spacial score (nSPS) is 10.7. The molecule has 1 aromatic heterocycles. The number of hydrogen-bond acceptors (Lipinski definition) is 5. The van der Waals surface area contributed by atoms with Gasteiger partial charge in [-0.2, -0.15) is 0 Å². The Hall–Kier alpha value is -3.48. The van der Waals surface area contributed by atoms with Crippen molar-refractivity contribution in [3.8, 4) is 0 Å². The van der Waals surface area contributed by atoms with Crippen LogP contribution in [-0.4, -0.2) is 18.4 Å². The van der Waals surface area contributed by atoms with Gasteiger partial charge in [-0.3, -0.25) is 9.59 Å². The molecule has 0 saturated heterocycles. The molecule has 0 saturated carbocycles. The molecule has 144 valence electrons. The van der Waals surface area contributed by atoms with E-state index >= 15 is 0 Å². The molecule has 0 unspecified atom stereocenters. The van der Waals surface area contributed by atoms with E-state index in [0.29, 0.717) is 16.5 Å². The molecule has 1 N–H and O–H groups in total. The Balaban J connectivity index is 1.65. The number of ether oxygens (including phenoxy) is 1. The van der Waals surface area contributed by atoms with Crippen molar-refractivity contribution < 1.29 is 23.1 Å². The van der Waals surface area contributed by atoms with Gasteiger partial charge in [-0.1, -0.05) is 12.1 Å². The second kappa shape index (κ2) is 8.04. The Bertz CT molecular complexity index is 1100. The van der Waals surface area contributed by atoms with Gasteiger partial charge in [0.25, 0.3) is 5.91 Å². The molecule has 0 fully saturated rings. The van der Waals surface area contributed by atoms with Crippen LogP contribution < -0.4 is 10.9 Å². The molecule has 1 amide bonds. The predicted octanol–water partition coefficient (Wildman–Crippen LogP) is 3.02. The summed E-state index contributed by atoms with van der Waals surface area (Å²) in [6.07, 6.45) is 0. The fourth-order valence-electron chi connectivity index (χ4n) is 2.71. The Morgan fingerprint density at radius 2 is 1.82 bits per heavy atom. The van der Waals surface area contributed by atoms with Gasteiger partial charge in [-0.25, -0.2) is 9.18 Å². The molecule has 0 aliphatic heterocycles. The van der Waals surface area contributed by atoms with Crippen LogP contribution >= 0.6 is 0 Å². The van der Waals surface area contributed by atoms with Gasteiger partial charge >= 0.3 is 11.6 Å². The zero-order valence-electron chi connectivity index (χ0n) is 15.4. The van der Waals surface area contributed by atoms with Crippen molar-refractivity contribution in [2.75, 3.05) is 6.54 Å². The third-order valence-corrected chi connectivity index (χ3v) is 4.41. The third kappa shape index (κ3) is 4.25. The van der Waals surface area contributed by atoms with Crippen LogP contribution in [0.1, 0.15) is 27.0 Å². The minimum Gasteiger partial charge on any atom is -0.459 e. The average Bonchev–Trinajstić information content (AvgIpc) is 2.68. The van der Waals surface area contributed by atoms with Gasteiger partial charge < -0.3 is 14.5 Å². The topological polar surface area (TPSA) is 85.6 Å². The van der Waals surface area contributed by atoms with E-state index < -0.39 is 23.3 Å². The molecule has 0 aliphatic carbocycles. The summed E-state index contributed by atoms with van der Waals surface area (Å²) in [6, 6.07) is 9.92. The first-order valence-electron chi connectivity index (χ1n) is 8.57. The van der Waals surface area contributed by atoms with Crippen molar-refractivity contribution in [3.63, 3.8) is 0 Å². The van der Waals surface area contributed by atoms with Crippen molar-refractivity contribution >= 4 is 22.8 Å². The number of hydrogen-bond donors (Lipinski definition) is 1. The lowest BCUT2D eigenvalue weighted by molar-refractivity contribution is -0.143. The second-order valence-corrected chi connectivity index (χ2v) is 6.33. The molecular weight excluding hydrogens is 365 g/mol. The minimum atomic E-state index is -0.666. The van der Waals surface area contributed by atoms with Crippen LogP contribution in [0.4, 0.5) is 4.39 Å². The van der Waals surface area contributed by atoms with Crippen LogP contribution in [0, 0.1) is 19.7 Å². The summed E-state index contributed by atoms with van der Waals surface area (Å²) >= 11 is 0. The number of fused-ring (bicyclic) bond motifs is 1. The predicted molar refractivity (Wildman–Crippen MR) is 100 cm³/mol. The summed E-state index contributed by atoms with van der Waals surface area (Å²) in [5.74, 6) is -1.64. The van der Waals surface area contributed by atoms with E-state index in [1.54, 1.807) is 6.07 Å². The van der Waals surface area contributed by atoms with Gasteiger partial charge in [0.15, 0.2) is 0 Å². The molecule has 2 aromatic carbocycles. The molecule has 6 nitrogen and oxygen atoms in total. The third-order valence-electron chi connectivity index (χ3n) is 4.41.